The molecule has 0 bridgehead atoms. The fraction of sp³-hybridized carbons (Fsp3) is 0. The molecule has 162 valence electrons. The number of aromatic nitrogens is 2. The summed E-state index contributed by atoms with van der Waals surface area (Å²) in [5.41, 5.74) is 8.00. The zero-order valence-electron chi connectivity index (χ0n) is 18.7. The molecule has 0 aliphatic heterocycles. The van der Waals surface area contributed by atoms with Crippen LogP contribution in [0.2, 0.25) is 0 Å². The van der Waals surface area contributed by atoms with Gasteiger partial charge in [0.1, 0.15) is 11.8 Å². The zero-order valence-corrected chi connectivity index (χ0v) is 18.7. The molecule has 6 aromatic rings. The smallest absolute Gasteiger partial charge is 0.148 e. The number of hydrogen-bond acceptors (Lipinski definition) is 3. The van der Waals surface area contributed by atoms with Crippen LogP contribution in [0.3, 0.4) is 0 Å². The fourth-order valence-electron chi connectivity index (χ4n) is 4.86. The molecule has 0 aliphatic carbocycles. The third kappa shape index (κ3) is 3.25. The lowest BCUT2D eigenvalue weighted by Crippen LogP contribution is -1.98. The first-order valence-electron chi connectivity index (χ1n) is 11.3. The summed E-state index contributed by atoms with van der Waals surface area (Å²) in [6.45, 7) is 0. The minimum absolute atomic E-state index is 0.401. The molecule has 0 aliphatic rings. The van der Waals surface area contributed by atoms with E-state index < -0.39 is 0 Å². The molecule has 35 heavy (non-hydrogen) atoms. The van der Waals surface area contributed by atoms with Crippen molar-refractivity contribution < 1.29 is 0 Å². The van der Waals surface area contributed by atoms with E-state index in [4.69, 9.17) is 0 Å². The number of nitrogens with zero attached hydrogens (tertiary/aromatic N) is 4. The largest absolute Gasteiger partial charge is 0.309 e. The Balaban J connectivity index is 1.68. The van der Waals surface area contributed by atoms with E-state index in [1.807, 2.05) is 72.8 Å². The van der Waals surface area contributed by atoms with Crippen LogP contribution in [0, 0.1) is 22.7 Å². The maximum atomic E-state index is 9.69. The zero-order chi connectivity index (χ0) is 23.8. The van der Waals surface area contributed by atoms with Gasteiger partial charge in [0, 0.05) is 28.1 Å². The summed E-state index contributed by atoms with van der Waals surface area (Å²) < 4.78 is 2.26. The molecule has 0 atom stereocenters. The molecule has 4 heteroatoms. The first-order valence-corrected chi connectivity index (χ1v) is 11.3. The summed E-state index contributed by atoms with van der Waals surface area (Å²) in [4.78, 5) is 4.29. The Kier molecular flexibility index (Phi) is 4.84. The lowest BCUT2D eigenvalue weighted by atomic mass is 9.93. The number of rotatable bonds is 3. The van der Waals surface area contributed by atoms with Crippen molar-refractivity contribution in [2.75, 3.05) is 0 Å². The molecule has 0 radical (unpaired) electrons. The number of pyridine rings is 1. The van der Waals surface area contributed by atoms with Crippen LogP contribution in [0.15, 0.2) is 109 Å². The molecule has 0 saturated carbocycles. The van der Waals surface area contributed by atoms with Crippen LogP contribution in [0.1, 0.15) is 11.3 Å². The molecule has 2 aromatic heterocycles. The van der Waals surface area contributed by atoms with Gasteiger partial charge < -0.3 is 4.57 Å². The Morgan fingerprint density at radius 1 is 0.571 bits per heavy atom. The van der Waals surface area contributed by atoms with E-state index in [9.17, 15) is 10.5 Å². The molecule has 0 amide bonds. The average Bonchev–Trinajstić information content (AvgIpc) is 3.26. The normalized spacial score (nSPS) is 10.8. The van der Waals surface area contributed by atoms with Crippen molar-refractivity contribution in [3.05, 3.63) is 121 Å². The fourth-order valence-corrected chi connectivity index (χ4v) is 4.86. The van der Waals surface area contributed by atoms with Crippen LogP contribution in [-0.4, -0.2) is 9.55 Å². The molecule has 0 unspecified atom stereocenters. The van der Waals surface area contributed by atoms with E-state index in [1.54, 1.807) is 6.20 Å². The molecule has 0 saturated heterocycles. The second-order valence-corrected chi connectivity index (χ2v) is 8.27. The summed E-state index contributed by atoms with van der Waals surface area (Å²) in [5, 5.41) is 21.3. The summed E-state index contributed by atoms with van der Waals surface area (Å²) in [5.74, 6) is 0. The average molecular weight is 447 g/mol. The Morgan fingerprint density at radius 3 is 2.03 bits per heavy atom. The van der Waals surface area contributed by atoms with E-state index in [0.29, 0.717) is 11.3 Å². The van der Waals surface area contributed by atoms with E-state index in [-0.39, 0.29) is 0 Å². The van der Waals surface area contributed by atoms with Gasteiger partial charge in [-0.25, -0.2) is 4.98 Å². The van der Waals surface area contributed by atoms with Gasteiger partial charge in [0.25, 0.3) is 0 Å². The van der Waals surface area contributed by atoms with E-state index >= 15 is 0 Å². The van der Waals surface area contributed by atoms with Crippen LogP contribution in [0.25, 0.3) is 49.7 Å². The SMILES string of the molecule is N#Cc1ccc2c(c1)c1ccccc1n2-c1ccccc1-c1ccccc1-c1cccnc1C#N. The summed E-state index contributed by atoms with van der Waals surface area (Å²) in [6, 6.07) is 38.8. The molecular weight excluding hydrogens is 428 g/mol. The van der Waals surface area contributed by atoms with Gasteiger partial charge in [-0.3, -0.25) is 0 Å². The van der Waals surface area contributed by atoms with Crippen molar-refractivity contribution in [3.8, 4) is 40.1 Å². The Morgan fingerprint density at radius 2 is 1.23 bits per heavy atom. The first kappa shape index (κ1) is 20.4. The van der Waals surface area contributed by atoms with Crippen molar-refractivity contribution in [3.63, 3.8) is 0 Å². The van der Waals surface area contributed by atoms with Crippen molar-refractivity contribution in [2.45, 2.75) is 0 Å². The standard InChI is InChI=1S/C31H18N4/c32-19-21-15-16-31-27(18-21)26-11-4-6-14-30(26)35(31)29-13-5-3-10-25(29)23-9-2-1-8-22(23)24-12-7-17-34-28(24)20-33/h1-18H. The molecular formula is C31H18N4. The van der Waals surface area contributed by atoms with Crippen molar-refractivity contribution in [2.24, 2.45) is 0 Å². The number of para-hydroxylation sites is 2. The third-order valence-corrected chi connectivity index (χ3v) is 6.37. The lowest BCUT2D eigenvalue weighted by Gasteiger charge is -2.17. The maximum Gasteiger partial charge on any atom is 0.148 e. The molecule has 4 aromatic carbocycles. The minimum Gasteiger partial charge on any atom is -0.309 e. The number of fused-ring (bicyclic) bond motifs is 3. The lowest BCUT2D eigenvalue weighted by molar-refractivity contribution is 1.18. The number of nitriles is 2. The van der Waals surface area contributed by atoms with Gasteiger partial charge >= 0.3 is 0 Å². The summed E-state index contributed by atoms with van der Waals surface area (Å²) in [7, 11) is 0. The molecule has 4 nitrogen and oxygen atoms in total. The highest BCUT2D eigenvalue weighted by molar-refractivity contribution is 6.10. The predicted molar refractivity (Wildman–Crippen MR) is 139 cm³/mol. The van der Waals surface area contributed by atoms with Crippen LogP contribution >= 0.6 is 0 Å². The van der Waals surface area contributed by atoms with Gasteiger partial charge in [-0.2, -0.15) is 10.5 Å². The highest BCUT2D eigenvalue weighted by Crippen LogP contribution is 2.39. The Hall–Kier alpha value is -5.19. The molecule has 0 spiro atoms. The topological polar surface area (TPSA) is 65.4 Å². The van der Waals surface area contributed by atoms with Crippen molar-refractivity contribution in [1.29, 1.82) is 10.5 Å². The highest BCUT2D eigenvalue weighted by atomic mass is 15.0. The second-order valence-electron chi connectivity index (χ2n) is 8.27. The van der Waals surface area contributed by atoms with Crippen molar-refractivity contribution >= 4 is 21.8 Å². The van der Waals surface area contributed by atoms with E-state index in [2.05, 4.69) is 52.0 Å². The molecule has 2 heterocycles. The number of hydrogen-bond donors (Lipinski definition) is 0. The monoisotopic (exact) mass is 446 g/mol. The molecule has 6 rings (SSSR count). The second kappa shape index (κ2) is 8.30. The van der Waals surface area contributed by atoms with Crippen LogP contribution in [0.5, 0.6) is 0 Å². The maximum absolute atomic E-state index is 9.69. The van der Waals surface area contributed by atoms with Gasteiger partial charge in [-0.15, -0.1) is 0 Å². The van der Waals surface area contributed by atoms with Gasteiger partial charge in [-0.05, 0) is 53.6 Å². The van der Waals surface area contributed by atoms with E-state index in [0.717, 1.165) is 49.7 Å². The van der Waals surface area contributed by atoms with Crippen LogP contribution in [-0.2, 0) is 0 Å². The van der Waals surface area contributed by atoms with Crippen LogP contribution < -0.4 is 0 Å². The molecule has 0 fully saturated rings. The van der Waals surface area contributed by atoms with Gasteiger partial charge in [0.2, 0.25) is 0 Å². The van der Waals surface area contributed by atoms with E-state index in [1.165, 1.54) is 0 Å². The summed E-state index contributed by atoms with van der Waals surface area (Å²) >= 11 is 0. The predicted octanol–water partition coefficient (Wildman–Crippen LogP) is 7.26. The van der Waals surface area contributed by atoms with Crippen molar-refractivity contribution in [1.82, 2.24) is 9.55 Å². The minimum atomic E-state index is 0.401. The van der Waals surface area contributed by atoms with Gasteiger partial charge in [-0.1, -0.05) is 60.7 Å². The molecule has 0 N–H and O–H groups in total. The first-order chi connectivity index (χ1) is 17.3. The Bertz CT molecular complexity index is 1830. The van der Waals surface area contributed by atoms with Gasteiger partial charge in [0.15, 0.2) is 0 Å². The quantitative estimate of drug-likeness (QED) is 0.287. The van der Waals surface area contributed by atoms with Crippen LogP contribution in [0.4, 0.5) is 0 Å². The third-order valence-electron chi connectivity index (χ3n) is 6.37. The Labute approximate surface area is 202 Å². The number of benzene rings is 4. The highest BCUT2D eigenvalue weighted by Gasteiger charge is 2.18. The summed E-state index contributed by atoms with van der Waals surface area (Å²) in [6.07, 6.45) is 1.65. The van der Waals surface area contributed by atoms with Gasteiger partial charge in [0.05, 0.1) is 28.4 Å².